The summed E-state index contributed by atoms with van der Waals surface area (Å²) in [6.45, 7) is 4.51. The molecule has 2 amide bonds. The maximum atomic E-state index is 12.8. The molecular formula is C19H27N5O2. The molecule has 7 heteroatoms. The summed E-state index contributed by atoms with van der Waals surface area (Å²) in [5, 5.41) is 12.6. The number of nitrogens with zero attached hydrogens (tertiary/aromatic N) is 3. The summed E-state index contributed by atoms with van der Waals surface area (Å²) in [4.78, 5) is 26.4. The van der Waals surface area contributed by atoms with E-state index in [1.807, 2.05) is 39.1 Å². The molecule has 0 saturated heterocycles. The van der Waals surface area contributed by atoms with Crippen LogP contribution in [-0.2, 0) is 11.2 Å². The van der Waals surface area contributed by atoms with Crippen LogP contribution in [0.2, 0.25) is 0 Å². The van der Waals surface area contributed by atoms with E-state index < -0.39 is 0 Å². The highest BCUT2D eigenvalue weighted by atomic mass is 16.2. The number of H-pyrrole nitrogens is 1. The molecule has 0 fully saturated rings. The molecule has 0 spiro atoms. The molecule has 2 rings (SSSR count). The maximum Gasteiger partial charge on any atom is 0.273 e. The van der Waals surface area contributed by atoms with E-state index in [9.17, 15) is 9.59 Å². The number of rotatable bonds is 9. The Morgan fingerprint density at radius 3 is 2.62 bits per heavy atom. The normalized spacial score (nSPS) is 13.0. The van der Waals surface area contributed by atoms with Gasteiger partial charge in [-0.05, 0) is 31.7 Å². The number of carbonyl (C=O) groups excluding carboxylic acids is 2. The van der Waals surface area contributed by atoms with Gasteiger partial charge in [-0.2, -0.15) is 15.4 Å². The lowest BCUT2D eigenvalue weighted by molar-refractivity contribution is -0.136. The Bertz CT molecular complexity index is 687. The highest BCUT2D eigenvalue weighted by Gasteiger charge is 2.24. The first kappa shape index (κ1) is 19.6. The van der Waals surface area contributed by atoms with Gasteiger partial charge in [-0.25, -0.2) is 0 Å². The molecule has 2 N–H and O–H groups in total. The zero-order chi connectivity index (χ0) is 18.9. The Morgan fingerprint density at radius 1 is 1.27 bits per heavy atom. The van der Waals surface area contributed by atoms with Gasteiger partial charge < -0.3 is 10.2 Å². The lowest BCUT2D eigenvalue weighted by Crippen LogP contribution is -2.41. The van der Waals surface area contributed by atoms with Gasteiger partial charge in [-0.1, -0.05) is 37.3 Å². The summed E-state index contributed by atoms with van der Waals surface area (Å²) in [6, 6.07) is 10.1. The predicted molar refractivity (Wildman–Crippen MR) is 99.5 cm³/mol. The maximum absolute atomic E-state index is 12.8. The van der Waals surface area contributed by atoms with E-state index in [4.69, 9.17) is 0 Å². The van der Waals surface area contributed by atoms with Gasteiger partial charge >= 0.3 is 0 Å². The number of hydrogen-bond acceptors (Lipinski definition) is 4. The summed E-state index contributed by atoms with van der Waals surface area (Å²) < 4.78 is 0. The van der Waals surface area contributed by atoms with E-state index in [-0.39, 0.29) is 29.5 Å². The van der Waals surface area contributed by atoms with Crippen LogP contribution < -0.4 is 5.32 Å². The monoisotopic (exact) mass is 357 g/mol. The molecule has 0 saturated carbocycles. The second kappa shape index (κ2) is 9.70. The van der Waals surface area contributed by atoms with Crippen LogP contribution in [-0.4, -0.2) is 51.8 Å². The molecule has 0 aliphatic carbocycles. The van der Waals surface area contributed by atoms with Crippen LogP contribution in [0.25, 0.3) is 0 Å². The van der Waals surface area contributed by atoms with Crippen molar-refractivity contribution in [2.75, 3.05) is 13.6 Å². The summed E-state index contributed by atoms with van der Waals surface area (Å²) in [6.07, 6.45) is 3.60. The highest BCUT2D eigenvalue weighted by molar-refractivity contribution is 5.91. The fourth-order valence-corrected chi connectivity index (χ4v) is 2.80. The zero-order valence-electron chi connectivity index (χ0n) is 15.6. The van der Waals surface area contributed by atoms with Gasteiger partial charge in [-0.15, -0.1) is 0 Å². The Balaban J connectivity index is 1.82. The SMILES string of the molecule is CCC(Cc1ccccc1)C(=O)N(C)C(C)CCNC(=O)c1cn[nH]n1. The van der Waals surface area contributed by atoms with Crippen molar-refractivity contribution >= 4 is 11.8 Å². The predicted octanol–water partition coefficient (Wildman–Crippen LogP) is 2.04. The first-order valence-corrected chi connectivity index (χ1v) is 8.97. The second-order valence-corrected chi connectivity index (χ2v) is 6.49. The lowest BCUT2D eigenvalue weighted by Gasteiger charge is -2.29. The lowest BCUT2D eigenvalue weighted by atomic mass is 9.95. The number of benzene rings is 1. The molecule has 1 aromatic heterocycles. The Kier molecular flexibility index (Phi) is 7.32. The van der Waals surface area contributed by atoms with Crippen LogP contribution in [0.3, 0.4) is 0 Å². The quantitative estimate of drug-likeness (QED) is 0.718. The molecule has 0 radical (unpaired) electrons. The fraction of sp³-hybridized carbons (Fsp3) is 0.474. The number of aromatic amines is 1. The zero-order valence-corrected chi connectivity index (χ0v) is 15.6. The summed E-state index contributed by atoms with van der Waals surface area (Å²) in [5.74, 6) is -0.156. The Morgan fingerprint density at radius 2 is 2.00 bits per heavy atom. The minimum atomic E-state index is -0.268. The van der Waals surface area contributed by atoms with E-state index in [1.54, 1.807) is 4.90 Å². The molecule has 7 nitrogen and oxygen atoms in total. The van der Waals surface area contributed by atoms with Gasteiger partial charge in [0.25, 0.3) is 5.91 Å². The second-order valence-electron chi connectivity index (χ2n) is 6.49. The first-order chi connectivity index (χ1) is 12.5. The van der Waals surface area contributed by atoms with Crippen molar-refractivity contribution in [1.82, 2.24) is 25.6 Å². The third-order valence-corrected chi connectivity index (χ3v) is 4.67. The average molecular weight is 357 g/mol. The van der Waals surface area contributed by atoms with Crippen molar-refractivity contribution in [2.45, 2.75) is 39.2 Å². The standard InChI is InChI=1S/C19H27N5O2/c1-4-16(12-15-8-6-5-7-9-15)19(26)24(3)14(2)10-11-20-18(25)17-13-21-23-22-17/h5-9,13-14,16H,4,10-12H2,1-3H3,(H,20,25)(H,21,22,23). The summed E-state index contributed by atoms with van der Waals surface area (Å²) in [5.41, 5.74) is 1.43. The van der Waals surface area contributed by atoms with E-state index >= 15 is 0 Å². The van der Waals surface area contributed by atoms with Crippen LogP contribution in [0.1, 0.15) is 42.7 Å². The minimum Gasteiger partial charge on any atom is -0.351 e. The highest BCUT2D eigenvalue weighted by Crippen LogP contribution is 2.16. The molecule has 2 aromatic rings. The van der Waals surface area contributed by atoms with Crippen molar-refractivity contribution in [3.05, 3.63) is 47.8 Å². The number of carbonyl (C=O) groups is 2. The number of nitrogens with one attached hydrogen (secondary N) is 2. The molecule has 2 atom stereocenters. The van der Waals surface area contributed by atoms with Crippen LogP contribution in [0, 0.1) is 5.92 Å². The van der Waals surface area contributed by atoms with Gasteiger partial charge in [0.2, 0.25) is 5.91 Å². The molecule has 1 heterocycles. The van der Waals surface area contributed by atoms with E-state index in [1.165, 1.54) is 11.8 Å². The first-order valence-electron chi connectivity index (χ1n) is 8.97. The number of aromatic nitrogens is 3. The molecule has 0 aliphatic rings. The van der Waals surface area contributed by atoms with Gasteiger partial charge in [0, 0.05) is 25.6 Å². The van der Waals surface area contributed by atoms with Crippen LogP contribution in [0.4, 0.5) is 0 Å². The number of hydrogen-bond donors (Lipinski definition) is 2. The third-order valence-electron chi connectivity index (χ3n) is 4.67. The Labute approximate surface area is 154 Å². The average Bonchev–Trinajstić information content (AvgIpc) is 3.20. The molecule has 2 unspecified atom stereocenters. The van der Waals surface area contributed by atoms with Crippen LogP contribution >= 0.6 is 0 Å². The fourth-order valence-electron chi connectivity index (χ4n) is 2.80. The van der Waals surface area contributed by atoms with E-state index in [2.05, 4.69) is 32.9 Å². The van der Waals surface area contributed by atoms with E-state index in [0.717, 1.165) is 12.8 Å². The molecule has 0 aliphatic heterocycles. The largest absolute Gasteiger partial charge is 0.351 e. The van der Waals surface area contributed by atoms with E-state index in [0.29, 0.717) is 13.0 Å². The molecular weight excluding hydrogens is 330 g/mol. The van der Waals surface area contributed by atoms with Crippen molar-refractivity contribution in [3.63, 3.8) is 0 Å². The third kappa shape index (κ3) is 5.40. The Hall–Kier alpha value is -2.70. The van der Waals surface area contributed by atoms with Crippen LogP contribution in [0.5, 0.6) is 0 Å². The number of amides is 2. The van der Waals surface area contributed by atoms with Crippen molar-refractivity contribution < 1.29 is 9.59 Å². The topological polar surface area (TPSA) is 91.0 Å². The molecule has 0 bridgehead atoms. The molecule has 140 valence electrons. The van der Waals surface area contributed by atoms with Gasteiger partial charge in [0.15, 0.2) is 5.69 Å². The van der Waals surface area contributed by atoms with Gasteiger partial charge in [0.05, 0.1) is 6.20 Å². The minimum absolute atomic E-state index is 0.0323. The van der Waals surface area contributed by atoms with Crippen molar-refractivity contribution in [1.29, 1.82) is 0 Å². The molecule has 26 heavy (non-hydrogen) atoms. The van der Waals surface area contributed by atoms with Crippen molar-refractivity contribution in [2.24, 2.45) is 5.92 Å². The van der Waals surface area contributed by atoms with Gasteiger partial charge in [-0.3, -0.25) is 9.59 Å². The molecule has 1 aromatic carbocycles. The van der Waals surface area contributed by atoms with Gasteiger partial charge in [0.1, 0.15) is 0 Å². The van der Waals surface area contributed by atoms with Crippen LogP contribution in [0.15, 0.2) is 36.5 Å². The smallest absolute Gasteiger partial charge is 0.273 e. The van der Waals surface area contributed by atoms with Crippen molar-refractivity contribution in [3.8, 4) is 0 Å². The summed E-state index contributed by atoms with van der Waals surface area (Å²) in [7, 11) is 1.83. The summed E-state index contributed by atoms with van der Waals surface area (Å²) >= 11 is 0.